The number of thioether (sulfide) groups is 1. The highest BCUT2D eigenvalue weighted by Gasteiger charge is 2.14. The Bertz CT molecular complexity index is 119. The Balaban J connectivity index is 2.06. The first-order valence-electron chi connectivity index (χ1n) is 4.86. The van der Waals surface area contributed by atoms with Crippen LogP contribution in [-0.2, 0) is 0 Å². The molecule has 3 heteroatoms. The number of hydrogen-bond donors (Lipinski definition) is 1. The molecule has 0 amide bonds. The second kappa shape index (κ2) is 5.84. The molecular weight excluding hydrogens is 168 g/mol. The maximum Gasteiger partial charge on any atom is 0.0167 e. The lowest BCUT2D eigenvalue weighted by atomic mass is 10.2. The molecule has 0 radical (unpaired) electrons. The van der Waals surface area contributed by atoms with Crippen LogP contribution in [0.4, 0.5) is 0 Å². The van der Waals surface area contributed by atoms with E-state index >= 15 is 0 Å². The first kappa shape index (κ1) is 10.4. The van der Waals surface area contributed by atoms with Crippen LogP contribution in [-0.4, -0.2) is 48.6 Å². The van der Waals surface area contributed by atoms with Gasteiger partial charge in [0.05, 0.1) is 0 Å². The van der Waals surface area contributed by atoms with Gasteiger partial charge in [0.25, 0.3) is 0 Å². The van der Waals surface area contributed by atoms with Crippen molar-refractivity contribution in [3.05, 3.63) is 0 Å². The molecule has 1 saturated heterocycles. The Kier molecular flexibility index (Phi) is 5.04. The fourth-order valence-electron chi connectivity index (χ4n) is 1.55. The molecule has 1 aliphatic heterocycles. The van der Waals surface area contributed by atoms with Crippen molar-refractivity contribution >= 4 is 11.8 Å². The summed E-state index contributed by atoms with van der Waals surface area (Å²) in [7, 11) is 0. The highest BCUT2D eigenvalue weighted by Crippen LogP contribution is 2.02. The topological polar surface area (TPSA) is 15.3 Å². The number of rotatable bonds is 4. The molecule has 0 aromatic heterocycles. The van der Waals surface area contributed by atoms with Crippen LogP contribution >= 0.6 is 11.8 Å². The number of nitrogens with zero attached hydrogens (tertiary/aromatic N) is 1. The zero-order valence-corrected chi connectivity index (χ0v) is 8.99. The fourth-order valence-corrected chi connectivity index (χ4v) is 2.23. The Morgan fingerprint density at radius 1 is 1.58 bits per heavy atom. The summed E-state index contributed by atoms with van der Waals surface area (Å²) in [6, 6.07) is 0.686. The predicted molar refractivity (Wildman–Crippen MR) is 56.9 cm³/mol. The lowest BCUT2D eigenvalue weighted by Crippen LogP contribution is -2.49. The Morgan fingerprint density at radius 3 is 3.08 bits per heavy atom. The average molecular weight is 188 g/mol. The van der Waals surface area contributed by atoms with Gasteiger partial charge in [-0.3, -0.25) is 4.90 Å². The molecule has 1 atom stereocenters. The molecule has 1 heterocycles. The average Bonchev–Trinajstić information content (AvgIpc) is 2.05. The smallest absolute Gasteiger partial charge is 0.0167 e. The predicted octanol–water partition coefficient (Wildman–Crippen LogP) is 1.03. The second-order valence-electron chi connectivity index (χ2n) is 3.35. The summed E-state index contributed by atoms with van der Waals surface area (Å²) in [6.07, 6.45) is 0. The van der Waals surface area contributed by atoms with Crippen molar-refractivity contribution in [1.29, 1.82) is 0 Å². The molecule has 1 aliphatic rings. The largest absolute Gasteiger partial charge is 0.312 e. The minimum absolute atomic E-state index is 0.686. The summed E-state index contributed by atoms with van der Waals surface area (Å²) in [5.41, 5.74) is 0. The maximum absolute atomic E-state index is 3.45. The molecule has 12 heavy (non-hydrogen) atoms. The van der Waals surface area contributed by atoms with Gasteiger partial charge >= 0.3 is 0 Å². The maximum atomic E-state index is 3.45. The molecule has 0 aromatic rings. The molecule has 72 valence electrons. The van der Waals surface area contributed by atoms with Crippen LogP contribution in [0.15, 0.2) is 0 Å². The van der Waals surface area contributed by atoms with E-state index < -0.39 is 0 Å². The van der Waals surface area contributed by atoms with Crippen LogP contribution < -0.4 is 5.32 Å². The molecule has 1 fully saturated rings. The van der Waals surface area contributed by atoms with Crippen LogP contribution in [0, 0.1) is 0 Å². The summed E-state index contributed by atoms with van der Waals surface area (Å²) < 4.78 is 0. The lowest BCUT2D eigenvalue weighted by Gasteiger charge is -2.31. The summed E-state index contributed by atoms with van der Waals surface area (Å²) in [5.74, 6) is 2.55. The van der Waals surface area contributed by atoms with E-state index in [4.69, 9.17) is 0 Å². The van der Waals surface area contributed by atoms with E-state index in [1.165, 1.54) is 31.1 Å². The van der Waals surface area contributed by atoms with Crippen LogP contribution in [0.25, 0.3) is 0 Å². The highest BCUT2D eigenvalue weighted by atomic mass is 32.2. The van der Waals surface area contributed by atoms with Gasteiger partial charge in [-0.05, 0) is 12.7 Å². The van der Waals surface area contributed by atoms with E-state index in [2.05, 4.69) is 24.1 Å². The zero-order chi connectivity index (χ0) is 8.81. The Hall–Kier alpha value is 0.270. The van der Waals surface area contributed by atoms with Crippen molar-refractivity contribution in [1.82, 2.24) is 10.2 Å². The van der Waals surface area contributed by atoms with Gasteiger partial charge in [-0.2, -0.15) is 11.8 Å². The summed E-state index contributed by atoms with van der Waals surface area (Å²) >= 11 is 2.04. The standard InChI is InChI=1S/C9H20N2S/c1-3-12-7-6-11-5-4-10-9(2)8-11/h9-10H,3-8H2,1-2H3/t9-/m0/s1. The Morgan fingerprint density at radius 2 is 2.42 bits per heavy atom. The molecule has 0 aromatic carbocycles. The summed E-state index contributed by atoms with van der Waals surface area (Å²) in [6.45, 7) is 9.38. The number of nitrogens with one attached hydrogen (secondary N) is 1. The summed E-state index contributed by atoms with van der Waals surface area (Å²) in [5, 5.41) is 3.45. The van der Waals surface area contributed by atoms with Crippen LogP contribution in [0.1, 0.15) is 13.8 Å². The van der Waals surface area contributed by atoms with Gasteiger partial charge < -0.3 is 5.32 Å². The molecule has 1 rings (SSSR count). The van der Waals surface area contributed by atoms with Crippen LogP contribution in [0.3, 0.4) is 0 Å². The monoisotopic (exact) mass is 188 g/mol. The van der Waals surface area contributed by atoms with Crippen molar-refractivity contribution in [2.75, 3.05) is 37.7 Å². The molecule has 0 unspecified atom stereocenters. The van der Waals surface area contributed by atoms with Crippen molar-refractivity contribution in [2.45, 2.75) is 19.9 Å². The first-order valence-corrected chi connectivity index (χ1v) is 6.02. The van der Waals surface area contributed by atoms with Gasteiger partial charge in [0, 0.05) is 38.0 Å². The number of piperazine rings is 1. The van der Waals surface area contributed by atoms with E-state index in [1.54, 1.807) is 0 Å². The van der Waals surface area contributed by atoms with Crippen LogP contribution in [0.5, 0.6) is 0 Å². The molecule has 0 bridgehead atoms. The molecule has 1 N–H and O–H groups in total. The molecule has 0 aliphatic carbocycles. The normalized spacial score (nSPS) is 26.0. The molecule has 0 saturated carbocycles. The van der Waals surface area contributed by atoms with Gasteiger partial charge in [0.15, 0.2) is 0 Å². The van der Waals surface area contributed by atoms with E-state index in [0.29, 0.717) is 6.04 Å². The van der Waals surface area contributed by atoms with Crippen molar-refractivity contribution in [2.24, 2.45) is 0 Å². The fraction of sp³-hybridized carbons (Fsp3) is 1.00. The van der Waals surface area contributed by atoms with Gasteiger partial charge in [-0.25, -0.2) is 0 Å². The van der Waals surface area contributed by atoms with E-state index in [0.717, 1.165) is 6.54 Å². The van der Waals surface area contributed by atoms with E-state index in [1.807, 2.05) is 11.8 Å². The summed E-state index contributed by atoms with van der Waals surface area (Å²) in [4.78, 5) is 2.56. The third-order valence-corrected chi connectivity index (χ3v) is 3.09. The number of hydrogen-bond acceptors (Lipinski definition) is 3. The highest BCUT2D eigenvalue weighted by molar-refractivity contribution is 7.99. The van der Waals surface area contributed by atoms with Gasteiger partial charge in [-0.15, -0.1) is 0 Å². The molecule has 0 spiro atoms. The minimum atomic E-state index is 0.686. The SMILES string of the molecule is CCSCCN1CCN[C@@H](C)C1. The second-order valence-corrected chi connectivity index (χ2v) is 4.75. The van der Waals surface area contributed by atoms with Gasteiger partial charge in [0.1, 0.15) is 0 Å². The van der Waals surface area contributed by atoms with Gasteiger partial charge in [0.2, 0.25) is 0 Å². The quantitative estimate of drug-likeness (QED) is 0.664. The van der Waals surface area contributed by atoms with Crippen molar-refractivity contribution < 1.29 is 0 Å². The first-order chi connectivity index (χ1) is 5.83. The lowest BCUT2D eigenvalue weighted by molar-refractivity contribution is 0.218. The third kappa shape index (κ3) is 3.78. The Labute approximate surface area is 80.1 Å². The van der Waals surface area contributed by atoms with Gasteiger partial charge in [-0.1, -0.05) is 6.92 Å². The van der Waals surface area contributed by atoms with E-state index in [9.17, 15) is 0 Å². The van der Waals surface area contributed by atoms with Crippen LogP contribution in [0.2, 0.25) is 0 Å². The third-order valence-electron chi connectivity index (χ3n) is 2.21. The molecular formula is C9H20N2S. The van der Waals surface area contributed by atoms with E-state index in [-0.39, 0.29) is 0 Å². The zero-order valence-electron chi connectivity index (χ0n) is 8.18. The minimum Gasteiger partial charge on any atom is -0.312 e. The van der Waals surface area contributed by atoms with Crippen molar-refractivity contribution in [3.8, 4) is 0 Å². The molecule has 2 nitrogen and oxygen atoms in total. The van der Waals surface area contributed by atoms with Crippen molar-refractivity contribution in [3.63, 3.8) is 0 Å².